The molecular weight excluding hydrogens is 242 g/mol. The van der Waals surface area contributed by atoms with E-state index < -0.39 is 0 Å². The molecule has 0 amide bonds. The minimum absolute atomic E-state index is 0.419. The fourth-order valence-corrected chi connectivity index (χ4v) is 2.61. The molecule has 106 valence electrons. The van der Waals surface area contributed by atoms with Crippen LogP contribution >= 0.6 is 0 Å². The quantitative estimate of drug-likeness (QED) is 0.763. The molecule has 0 saturated carbocycles. The highest BCUT2D eigenvalue weighted by molar-refractivity contribution is 5.18. The van der Waals surface area contributed by atoms with Crippen molar-refractivity contribution >= 4 is 0 Å². The standard InChI is InChI=1S/C19H25N/c1-16(10-9-13-18-11-5-3-6-12-18)20-17(2)19-14-7-4-8-15-19/h3-8,11-12,14-17,20H,9-10,13H2,1-2H3. The molecule has 0 fully saturated rings. The first-order chi connectivity index (χ1) is 9.75. The highest BCUT2D eigenvalue weighted by Crippen LogP contribution is 2.14. The molecule has 0 spiro atoms. The van der Waals surface area contributed by atoms with E-state index in [9.17, 15) is 0 Å². The predicted molar refractivity (Wildman–Crippen MR) is 86.8 cm³/mol. The van der Waals surface area contributed by atoms with Crippen molar-refractivity contribution < 1.29 is 0 Å². The maximum atomic E-state index is 3.68. The van der Waals surface area contributed by atoms with Crippen molar-refractivity contribution in [1.29, 1.82) is 0 Å². The van der Waals surface area contributed by atoms with E-state index in [0.29, 0.717) is 12.1 Å². The minimum atomic E-state index is 0.419. The van der Waals surface area contributed by atoms with Crippen molar-refractivity contribution in [3.63, 3.8) is 0 Å². The van der Waals surface area contributed by atoms with Gasteiger partial charge < -0.3 is 5.32 Å². The van der Waals surface area contributed by atoms with E-state index in [1.54, 1.807) is 0 Å². The van der Waals surface area contributed by atoms with Gasteiger partial charge in [0.05, 0.1) is 0 Å². The molecule has 0 aliphatic carbocycles. The lowest BCUT2D eigenvalue weighted by molar-refractivity contribution is 0.446. The molecule has 1 nitrogen and oxygen atoms in total. The molecule has 2 rings (SSSR count). The monoisotopic (exact) mass is 267 g/mol. The van der Waals surface area contributed by atoms with Crippen LogP contribution in [-0.4, -0.2) is 6.04 Å². The fraction of sp³-hybridized carbons (Fsp3) is 0.368. The Morgan fingerprint density at radius 2 is 1.45 bits per heavy atom. The van der Waals surface area contributed by atoms with Gasteiger partial charge in [0.1, 0.15) is 0 Å². The summed E-state index contributed by atoms with van der Waals surface area (Å²) in [7, 11) is 0. The third-order valence-electron chi connectivity index (χ3n) is 3.78. The lowest BCUT2D eigenvalue weighted by Gasteiger charge is -2.20. The van der Waals surface area contributed by atoms with Crippen molar-refractivity contribution in [2.45, 2.75) is 45.2 Å². The van der Waals surface area contributed by atoms with Gasteiger partial charge in [-0.1, -0.05) is 60.7 Å². The van der Waals surface area contributed by atoms with Crippen LogP contribution in [0.3, 0.4) is 0 Å². The van der Waals surface area contributed by atoms with Crippen LogP contribution in [0.5, 0.6) is 0 Å². The number of hydrogen-bond donors (Lipinski definition) is 1. The number of nitrogens with one attached hydrogen (secondary N) is 1. The van der Waals surface area contributed by atoms with Crippen molar-refractivity contribution in [2.75, 3.05) is 0 Å². The molecule has 0 aromatic heterocycles. The van der Waals surface area contributed by atoms with Gasteiger partial charge in [-0.3, -0.25) is 0 Å². The van der Waals surface area contributed by atoms with Crippen LogP contribution in [0.25, 0.3) is 0 Å². The Hall–Kier alpha value is -1.60. The third kappa shape index (κ3) is 4.82. The number of benzene rings is 2. The van der Waals surface area contributed by atoms with Gasteiger partial charge in [-0.25, -0.2) is 0 Å². The Morgan fingerprint density at radius 1 is 0.850 bits per heavy atom. The van der Waals surface area contributed by atoms with Gasteiger partial charge in [0, 0.05) is 12.1 Å². The van der Waals surface area contributed by atoms with Crippen molar-refractivity contribution in [2.24, 2.45) is 0 Å². The Kier molecular flexibility index (Phi) is 5.82. The zero-order chi connectivity index (χ0) is 14.2. The second-order valence-corrected chi connectivity index (χ2v) is 5.58. The molecule has 0 bridgehead atoms. The zero-order valence-corrected chi connectivity index (χ0v) is 12.5. The SMILES string of the molecule is CC(CCCc1ccccc1)NC(C)c1ccccc1. The minimum Gasteiger partial charge on any atom is -0.308 e. The summed E-state index contributed by atoms with van der Waals surface area (Å²) in [6, 6.07) is 22.4. The van der Waals surface area contributed by atoms with E-state index in [-0.39, 0.29) is 0 Å². The van der Waals surface area contributed by atoms with Crippen LogP contribution in [0.15, 0.2) is 60.7 Å². The maximum absolute atomic E-state index is 3.68. The topological polar surface area (TPSA) is 12.0 Å². The maximum Gasteiger partial charge on any atom is 0.0294 e. The van der Waals surface area contributed by atoms with Crippen molar-refractivity contribution in [3.05, 3.63) is 71.8 Å². The Balaban J connectivity index is 1.71. The van der Waals surface area contributed by atoms with Crippen LogP contribution in [0.1, 0.15) is 43.9 Å². The van der Waals surface area contributed by atoms with Gasteiger partial charge in [0.15, 0.2) is 0 Å². The van der Waals surface area contributed by atoms with E-state index in [0.717, 1.165) is 0 Å². The smallest absolute Gasteiger partial charge is 0.0294 e. The van der Waals surface area contributed by atoms with Crippen molar-refractivity contribution in [3.8, 4) is 0 Å². The summed E-state index contributed by atoms with van der Waals surface area (Å²) in [6.07, 6.45) is 3.62. The first kappa shape index (κ1) is 14.8. The van der Waals surface area contributed by atoms with E-state index in [2.05, 4.69) is 79.8 Å². The van der Waals surface area contributed by atoms with E-state index in [1.807, 2.05) is 0 Å². The summed E-state index contributed by atoms with van der Waals surface area (Å²) >= 11 is 0. The largest absolute Gasteiger partial charge is 0.308 e. The molecular formula is C19H25N. The molecule has 2 aromatic rings. The second kappa shape index (κ2) is 7.86. The summed E-state index contributed by atoms with van der Waals surface area (Å²) in [5, 5.41) is 3.68. The molecule has 0 radical (unpaired) electrons. The number of rotatable bonds is 7. The average Bonchev–Trinajstić information content (AvgIpc) is 2.49. The fourth-order valence-electron chi connectivity index (χ4n) is 2.61. The molecule has 1 N–H and O–H groups in total. The van der Waals surface area contributed by atoms with Gasteiger partial charge in [-0.05, 0) is 44.2 Å². The zero-order valence-electron chi connectivity index (χ0n) is 12.5. The van der Waals surface area contributed by atoms with Crippen LogP contribution in [-0.2, 0) is 6.42 Å². The molecule has 20 heavy (non-hydrogen) atoms. The molecule has 2 atom stereocenters. The molecule has 0 saturated heterocycles. The third-order valence-corrected chi connectivity index (χ3v) is 3.78. The Labute approximate surface area is 123 Å². The number of hydrogen-bond acceptors (Lipinski definition) is 1. The summed E-state index contributed by atoms with van der Waals surface area (Å²) in [5.41, 5.74) is 2.80. The highest BCUT2D eigenvalue weighted by Gasteiger charge is 2.08. The van der Waals surface area contributed by atoms with E-state index in [1.165, 1.54) is 30.4 Å². The van der Waals surface area contributed by atoms with Crippen LogP contribution in [0.2, 0.25) is 0 Å². The molecule has 2 aromatic carbocycles. The molecule has 2 unspecified atom stereocenters. The van der Waals surface area contributed by atoms with Gasteiger partial charge in [0.25, 0.3) is 0 Å². The van der Waals surface area contributed by atoms with Gasteiger partial charge in [-0.15, -0.1) is 0 Å². The van der Waals surface area contributed by atoms with Gasteiger partial charge in [0.2, 0.25) is 0 Å². The van der Waals surface area contributed by atoms with Crippen LogP contribution in [0, 0.1) is 0 Å². The number of aryl methyl sites for hydroxylation is 1. The van der Waals surface area contributed by atoms with Crippen LogP contribution in [0.4, 0.5) is 0 Å². The second-order valence-electron chi connectivity index (χ2n) is 5.58. The van der Waals surface area contributed by atoms with E-state index >= 15 is 0 Å². The molecule has 0 heterocycles. The summed E-state index contributed by atoms with van der Waals surface area (Å²) < 4.78 is 0. The van der Waals surface area contributed by atoms with Gasteiger partial charge in [-0.2, -0.15) is 0 Å². The summed E-state index contributed by atoms with van der Waals surface area (Å²) in [4.78, 5) is 0. The van der Waals surface area contributed by atoms with Crippen molar-refractivity contribution in [1.82, 2.24) is 5.32 Å². The molecule has 0 aliphatic heterocycles. The lowest BCUT2D eigenvalue weighted by Crippen LogP contribution is -2.28. The first-order valence-electron chi connectivity index (χ1n) is 7.60. The highest BCUT2D eigenvalue weighted by atomic mass is 14.9. The predicted octanol–water partition coefficient (Wildman–Crippen LogP) is 4.75. The normalized spacial score (nSPS) is 13.9. The summed E-state index contributed by atoms with van der Waals surface area (Å²) in [6.45, 7) is 4.52. The van der Waals surface area contributed by atoms with E-state index in [4.69, 9.17) is 0 Å². The van der Waals surface area contributed by atoms with Crippen LogP contribution < -0.4 is 5.32 Å². The first-order valence-corrected chi connectivity index (χ1v) is 7.60. The average molecular weight is 267 g/mol. The Bertz CT molecular complexity index is 478. The molecule has 0 aliphatic rings. The lowest BCUT2D eigenvalue weighted by atomic mass is 10.0. The summed E-state index contributed by atoms with van der Waals surface area (Å²) in [5.74, 6) is 0. The van der Waals surface area contributed by atoms with Gasteiger partial charge >= 0.3 is 0 Å². The molecule has 1 heteroatoms. The Morgan fingerprint density at radius 3 is 2.10 bits per heavy atom.